The number of aromatic nitrogens is 2. The van der Waals surface area contributed by atoms with Crippen LogP contribution in [-0.4, -0.2) is 54.3 Å². The Bertz CT molecular complexity index is 784. The zero-order chi connectivity index (χ0) is 19.2. The number of carbonyl (C=O) groups is 1. The van der Waals surface area contributed by atoms with Crippen LogP contribution in [0.3, 0.4) is 0 Å². The van der Waals surface area contributed by atoms with Gasteiger partial charge in [-0.15, -0.1) is 0 Å². The number of carbonyl (C=O) groups excluding carboxylic acids is 1. The molecule has 2 heterocycles. The first-order chi connectivity index (χ1) is 13.1. The van der Waals surface area contributed by atoms with Gasteiger partial charge in [0.25, 0.3) is 0 Å². The molecule has 146 valence electrons. The van der Waals surface area contributed by atoms with Crippen LogP contribution >= 0.6 is 23.2 Å². The number of ether oxygens (including phenoxy) is 1. The van der Waals surface area contributed by atoms with Crippen molar-refractivity contribution < 1.29 is 14.1 Å². The molecular weight excluding hydrogens is 391 g/mol. The highest BCUT2D eigenvalue weighted by molar-refractivity contribution is 6.36. The number of piperidine rings is 1. The van der Waals surface area contributed by atoms with Crippen molar-refractivity contribution in [2.45, 2.75) is 19.4 Å². The highest BCUT2D eigenvalue weighted by atomic mass is 35.5. The van der Waals surface area contributed by atoms with E-state index in [1.807, 2.05) is 0 Å². The molecule has 1 N–H and O–H groups in total. The van der Waals surface area contributed by atoms with E-state index < -0.39 is 0 Å². The Morgan fingerprint density at radius 3 is 3.07 bits per heavy atom. The molecule has 0 saturated carbocycles. The van der Waals surface area contributed by atoms with Crippen LogP contribution in [0.2, 0.25) is 10.0 Å². The molecule has 9 heteroatoms. The lowest BCUT2D eigenvalue weighted by Crippen LogP contribution is -2.43. The van der Waals surface area contributed by atoms with Gasteiger partial charge in [-0.25, -0.2) is 0 Å². The lowest BCUT2D eigenvalue weighted by molar-refractivity contribution is -0.127. The summed E-state index contributed by atoms with van der Waals surface area (Å²) in [5.41, 5.74) is 0.671. The quantitative estimate of drug-likeness (QED) is 0.703. The minimum Gasteiger partial charge on any atom is -0.383 e. The minimum absolute atomic E-state index is 0.0382. The molecule has 1 aliphatic heterocycles. The summed E-state index contributed by atoms with van der Waals surface area (Å²) in [4.78, 5) is 18.8. The summed E-state index contributed by atoms with van der Waals surface area (Å²) in [7, 11) is 1.62. The molecule has 7 nitrogen and oxygen atoms in total. The van der Waals surface area contributed by atoms with Gasteiger partial charge < -0.3 is 14.6 Å². The molecule has 0 radical (unpaired) electrons. The normalized spacial score (nSPS) is 17.8. The number of hydrogen-bond donors (Lipinski definition) is 1. The van der Waals surface area contributed by atoms with Crippen molar-refractivity contribution in [2.24, 2.45) is 5.92 Å². The predicted octanol–water partition coefficient (Wildman–Crippen LogP) is 3.02. The lowest BCUT2D eigenvalue weighted by atomic mass is 9.97. The molecule has 0 spiro atoms. The van der Waals surface area contributed by atoms with Crippen molar-refractivity contribution >= 4 is 29.1 Å². The van der Waals surface area contributed by atoms with Gasteiger partial charge in [-0.2, -0.15) is 4.98 Å². The molecule has 0 aliphatic carbocycles. The number of nitrogens with one attached hydrogen (secondary N) is 1. The number of halogens is 2. The Labute approximate surface area is 168 Å². The number of benzene rings is 1. The summed E-state index contributed by atoms with van der Waals surface area (Å²) >= 11 is 12.1. The lowest BCUT2D eigenvalue weighted by Gasteiger charge is -2.30. The highest BCUT2D eigenvalue weighted by Gasteiger charge is 2.26. The van der Waals surface area contributed by atoms with Crippen molar-refractivity contribution in [3.63, 3.8) is 0 Å². The number of nitrogens with zero attached hydrogens (tertiary/aromatic N) is 3. The standard InChI is InChI=1S/C18H22Cl2N4O3/c1-26-8-6-21-18(25)12-3-2-7-24(10-12)11-16-22-17(23-27-16)14-5-4-13(19)9-15(14)20/h4-5,9,12H,2-3,6-8,10-11H2,1H3,(H,21,25). The SMILES string of the molecule is COCCNC(=O)C1CCCN(Cc2nc(-c3ccc(Cl)cc3Cl)no2)C1. The van der Waals surface area contributed by atoms with Crippen molar-refractivity contribution in [3.8, 4) is 11.4 Å². The zero-order valence-corrected chi connectivity index (χ0v) is 16.6. The third kappa shape index (κ3) is 5.42. The van der Waals surface area contributed by atoms with Gasteiger partial charge in [0, 0.05) is 30.8 Å². The van der Waals surface area contributed by atoms with Gasteiger partial charge in [0.05, 0.1) is 24.1 Å². The Hall–Kier alpha value is -1.67. The molecule has 27 heavy (non-hydrogen) atoms. The van der Waals surface area contributed by atoms with Crippen LogP contribution < -0.4 is 5.32 Å². The van der Waals surface area contributed by atoms with E-state index in [0.717, 1.165) is 19.4 Å². The monoisotopic (exact) mass is 412 g/mol. The molecule has 1 aliphatic rings. The summed E-state index contributed by atoms with van der Waals surface area (Å²) < 4.78 is 10.3. The van der Waals surface area contributed by atoms with Gasteiger partial charge in [-0.3, -0.25) is 9.69 Å². The molecule has 1 amide bonds. The van der Waals surface area contributed by atoms with Crippen LogP contribution in [0.5, 0.6) is 0 Å². The maximum atomic E-state index is 12.3. The first kappa shape index (κ1) is 20.1. The molecule has 1 aromatic carbocycles. The smallest absolute Gasteiger partial charge is 0.241 e. The number of likely N-dealkylation sites (tertiary alicyclic amines) is 1. The molecular formula is C18H22Cl2N4O3. The molecule has 0 bridgehead atoms. The summed E-state index contributed by atoms with van der Waals surface area (Å²) in [5.74, 6) is 0.952. The number of amides is 1. The number of methoxy groups -OCH3 is 1. The second kappa shape index (κ2) is 9.50. The largest absolute Gasteiger partial charge is 0.383 e. The van der Waals surface area contributed by atoms with E-state index in [4.69, 9.17) is 32.5 Å². The maximum absolute atomic E-state index is 12.3. The summed E-state index contributed by atoms with van der Waals surface area (Å²) in [6.45, 7) is 3.10. The highest BCUT2D eigenvalue weighted by Crippen LogP contribution is 2.28. The number of hydrogen-bond acceptors (Lipinski definition) is 6. The Morgan fingerprint density at radius 1 is 1.44 bits per heavy atom. The third-order valence-electron chi connectivity index (χ3n) is 4.48. The first-order valence-corrected chi connectivity index (χ1v) is 9.59. The molecule has 1 atom stereocenters. The Morgan fingerprint density at radius 2 is 2.30 bits per heavy atom. The van der Waals surface area contributed by atoms with Crippen molar-refractivity contribution in [2.75, 3.05) is 33.4 Å². The van der Waals surface area contributed by atoms with Crippen LogP contribution in [0.1, 0.15) is 18.7 Å². The molecule has 2 aromatic rings. The van der Waals surface area contributed by atoms with E-state index in [1.54, 1.807) is 25.3 Å². The molecule has 1 fully saturated rings. The van der Waals surface area contributed by atoms with Crippen molar-refractivity contribution in [1.29, 1.82) is 0 Å². The zero-order valence-electron chi connectivity index (χ0n) is 15.1. The van der Waals surface area contributed by atoms with Crippen LogP contribution in [0.15, 0.2) is 22.7 Å². The average Bonchev–Trinajstić information content (AvgIpc) is 3.10. The van der Waals surface area contributed by atoms with Crippen LogP contribution in [-0.2, 0) is 16.1 Å². The average molecular weight is 413 g/mol. The topological polar surface area (TPSA) is 80.5 Å². The second-order valence-electron chi connectivity index (χ2n) is 6.49. The maximum Gasteiger partial charge on any atom is 0.241 e. The fourth-order valence-corrected chi connectivity index (χ4v) is 3.62. The van der Waals surface area contributed by atoms with Crippen LogP contribution in [0.25, 0.3) is 11.4 Å². The Balaban J connectivity index is 1.59. The molecule has 1 saturated heterocycles. The number of rotatable bonds is 7. The van der Waals surface area contributed by atoms with Gasteiger partial charge in [-0.05, 0) is 37.6 Å². The molecule has 1 unspecified atom stereocenters. The molecule has 3 rings (SSSR count). The van der Waals surface area contributed by atoms with Gasteiger partial charge in [0.1, 0.15) is 0 Å². The van der Waals surface area contributed by atoms with E-state index in [1.165, 1.54) is 0 Å². The van der Waals surface area contributed by atoms with Gasteiger partial charge in [0.15, 0.2) is 0 Å². The fraction of sp³-hybridized carbons (Fsp3) is 0.500. The van der Waals surface area contributed by atoms with Gasteiger partial charge >= 0.3 is 0 Å². The minimum atomic E-state index is -0.0382. The summed E-state index contributed by atoms with van der Waals surface area (Å²) in [5, 5.41) is 7.94. The van der Waals surface area contributed by atoms with Crippen molar-refractivity contribution in [3.05, 3.63) is 34.1 Å². The third-order valence-corrected chi connectivity index (χ3v) is 5.03. The fourth-order valence-electron chi connectivity index (χ4n) is 3.12. The molecule has 1 aromatic heterocycles. The first-order valence-electron chi connectivity index (χ1n) is 8.84. The Kier molecular flexibility index (Phi) is 7.07. The van der Waals surface area contributed by atoms with Crippen LogP contribution in [0.4, 0.5) is 0 Å². The van der Waals surface area contributed by atoms with E-state index >= 15 is 0 Å². The van der Waals surface area contributed by atoms with E-state index in [9.17, 15) is 4.79 Å². The van der Waals surface area contributed by atoms with E-state index in [-0.39, 0.29) is 11.8 Å². The summed E-state index contributed by atoms with van der Waals surface area (Å²) in [6, 6.07) is 5.14. The van der Waals surface area contributed by atoms with Crippen LogP contribution in [0, 0.1) is 5.92 Å². The predicted molar refractivity (Wildman–Crippen MR) is 103 cm³/mol. The van der Waals surface area contributed by atoms with Gasteiger partial charge in [-0.1, -0.05) is 28.4 Å². The van der Waals surface area contributed by atoms with E-state index in [2.05, 4.69) is 20.4 Å². The summed E-state index contributed by atoms with van der Waals surface area (Å²) in [6.07, 6.45) is 1.83. The van der Waals surface area contributed by atoms with E-state index in [0.29, 0.717) is 53.6 Å². The second-order valence-corrected chi connectivity index (χ2v) is 7.34. The van der Waals surface area contributed by atoms with Crippen molar-refractivity contribution in [1.82, 2.24) is 20.4 Å². The van der Waals surface area contributed by atoms with Gasteiger partial charge in [0.2, 0.25) is 17.6 Å².